The number of halogens is 1. The van der Waals surface area contributed by atoms with Crippen LogP contribution in [0.1, 0.15) is 5.69 Å². The van der Waals surface area contributed by atoms with Gasteiger partial charge in [-0.05, 0) is 18.2 Å². The summed E-state index contributed by atoms with van der Waals surface area (Å²) >= 11 is 0. The number of rotatable bonds is 2. The van der Waals surface area contributed by atoms with Gasteiger partial charge in [0.1, 0.15) is 5.92 Å². The Morgan fingerprint density at radius 3 is 2.88 bits per heavy atom. The minimum atomic E-state index is -2.07. The van der Waals surface area contributed by atoms with Crippen LogP contribution in [0, 0.1) is 5.92 Å². The van der Waals surface area contributed by atoms with E-state index in [4.69, 9.17) is 5.11 Å². The van der Waals surface area contributed by atoms with Crippen molar-refractivity contribution >= 4 is 5.97 Å². The molecule has 1 aromatic heterocycles. The molecule has 0 amide bonds. The van der Waals surface area contributed by atoms with Crippen molar-refractivity contribution in [3.63, 3.8) is 0 Å². The minimum absolute atomic E-state index is 0.114. The third-order valence-corrected chi connectivity index (χ3v) is 2.53. The molecule has 1 aliphatic rings. The summed E-state index contributed by atoms with van der Waals surface area (Å²) < 4.78 is 14.6. The quantitative estimate of drug-likeness (QED) is 0.828. The maximum atomic E-state index is 14.6. The normalized spacial score (nSPS) is 27.9. The smallest absolute Gasteiger partial charge is 0.314 e. The van der Waals surface area contributed by atoms with E-state index in [-0.39, 0.29) is 5.69 Å². The molecule has 1 aliphatic carbocycles. The van der Waals surface area contributed by atoms with Gasteiger partial charge in [-0.1, -0.05) is 24.3 Å². The summed E-state index contributed by atoms with van der Waals surface area (Å²) in [5.41, 5.74) is -1.95. The van der Waals surface area contributed by atoms with Crippen LogP contribution in [-0.2, 0) is 10.5 Å². The van der Waals surface area contributed by atoms with Gasteiger partial charge in [0.15, 0.2) is 5.67 Å². The lowest BCUT2D eigenvalue weighted by atomic mass is 9.82. The first-order valence-electron chi connectivity index (χ1n) is 4.84. The van der Waals surface area contributed by atoms with Crippen molar-refractivity contribution in [2.45, 2.75) is 5.67 Å². The molecule has 1 aromatic rings. The molecule has 0 saturated heterocycles. The summed E-state index contributed by atoms with van der Waals surface area (Å²) in [5, 5.41) is 8.98. The number of pyridine rings is 1. The molecular weight excluding hydrogens is 209 g/mol. The zero-order chi connectivity index (χ0) is 11.6. The zero-order valence-corrected chi connectivity index (χ0v) is 8.38. The molecule has 2 atom stereocenters. The Bertz CT molecular complexity index is 455. The maximum Gasteiger partial charge on any atom is 0.314 e. The van der Waals surface area contributed by atoms with Crippen molar-refractivity contribution in [2.75, 3.05) is 0 Å². The lowest BCUT2D eigenvalue weighted by Crippen LogP contribution is -2.35. The number of nitrogens with zero attached hydrogens (tertiary/aromatic N) is 1. The molecule has 0 saturated carbocycles. The fourth-order valence-electron chi connectivity index (χ4n) is 1.71. The number of alkyl halides is 1. The molecule has 1 N–H and O–H groups in total. The molecule has 16 heavy (non-hydrogen) atoms. The van der Waals surface area contributed by atoms with Crippen molar-refractivity contribution < 1.29 is 14.3 Å². The third kappa shape index (κ3) is 1.62. The summed E-state index contributed by atoms with van der Waals surface area (Å²) in [5.74, 6) is -2.43. The topological polar surface area (TPSA) is 50.2 Å². The molecule has 1 heterocycles. The number of aliphatic carboxylic acids is 1. The van der Waals surface area contributed by atoms with Crippen LogP contribution in [0.25, 0.3) is 0 Å². The lowest BCUT2D eigenvalue weighted by Gasteiger charge is -2.27. The zero-order valence-electron chi connectivity index (χ0n) is 8.38. The van der Waals surface area contributed by atoms with Gasteiger partial charge in [-0.2, -0.15) is 0 Å². The summed E-state index contributed by atoms with van der Waals surface area (Å²) in [6, 6.07) is 4.78. The molecule has 3 nitrogen and oxygen atoms in total. The molecule has 0 bridgehead atoms. The van der Waals surface area contributed by atoms with Gasteiger partial charge in [0, 0.05) is 6.20 Å². The molecule has 4 heteroatoms. The van der Waals surface area contributed by atoms with E-state index in [1.165, 1.54) is 36.6 Å². The summed E-state index contributed by atoms with van der Waals surface area (Å²) in [6.45, 7) is 0. The van der Waals surface area contributed by atoms with Crippen LogP contribution in [0.3, 0.4) is 0 Å². The van der Waals surface area contributed by atoms with E-state index in [1.807, 2.05) is 0 Å². The molecule has 2 rings (SSSR count). The van der Waals surface area contributed by atoms with E-state index in [0.29, 0.717) is 0 Å². The van der Waals surface area contributed by atoms with Gasteiger partial charge in [-0.3, -0.25) is 9.78 Å². The van der Waals surface area contributed by atoms with Crippen molar-refractivity contribution in [3.8, 4) is 0 Å². The van der Waals surface area contributed by atoms with Crippen molar-refractivity contribution in [1.82, 2.24) is 4.98 Å². The van der Waals surface area contributed by atoms with Gasteiger partial charge in [0.25, 0.3) is 0 Å². The van der Waals surface area contributed by atoms with Gasteiger partial charge < -0.3 is 5.11 Å². The molecular formula is C12H10FNO2. The number of aromatic nitrogens is 1. The summed E-state index contributed by atoms with van der Waals surface area (Å²) in [7, 11) is 0. The number of hydrogen-bond acceptors (Lipinski definition) is 2. The van der Waals surface area contributed by atoms with Crippen molar-refractivity contribution in [2.24, 2.45) is 5.92 Å². The van der Waals surface area contributed by atoms with Gasteiger partial charge in [-0.25, -0.2) is 4.39 Å². The highest BCUT2D eigenvalue weighted by Gasteiger charge is 2.43. The first-order chi connectivity index (χ1) is 7.64. The Labute approximate surface area is 91.9 Å². The number of allylic oxidation sites excluding steroid dienone is 3. The highest BCUT2D eigenvalue weighted by Crippen LogP contribution is 2.37. The van der Waals surface area contributed by atoms with E-state index in [9.17, 15) is 9.18 Å². The number of carboxylic acids is 1. The highest BCUT2D eigenvalue weighted by molar-refractivity contribution is 5.75. The monoisotopic (exact) mass is 219 g/mol. The third-order valence-electron chi connectivity index (χ3n) is 2.53. The maximum absolute atomic E-state index is 14.6. The van der Waals surface area contributed by atoms with Crippen LogP contribution in [0.5, 0.6) is 0 Å². The Kier molecular flexibility index (Phi) is 2.56. The Hall–Kier alpha value is -1.97. The van der Waals surface area contributed by atoms with Gasteiger partial charge in [-0.15, -0.1) is 0 Å². The molecule has 2 unspecified atom stereocenters. The molecule has 82 valence electrons. The number of carboxylic acid groups (broad SMARTS) is 1. The Morgan fingerprint density at radius 1 is 1.44 bits per heavy atom. The fourth-order valence-corrected chi connectivity index (χ4v) is 1.71. The number of hydrogen-bond donors (Lipinski definition) is 1. The lowest BCUT2D eigenvalue weighted by molar-refractivity contribution is -0.144. The summed E-state index contributed by atoms with van der Waals surface area (Å²) in [4.78, 5) is 14.9. The van der Waals surface area contributed by atoms with E-state index in [2.05, 4.69) is 4.98 Å². The SMILES string of the molecule is O=C(O)C1C=CC=CC1(F)c1ccccn1. The largest absolute Gasteiger partial charge is 0.481 e. The second-order valence-electron chi connectivity index (χ2n) is 3.54. The highest BCUT2D eigenvalue weighted by atomic mass is 19.1. The minimum Gasteiger partial charge on any atom is -0.481 e. The predicted molar refractivity (Wildman–Crippen MR) is 56.4 cm³/mol. The van der Waals surface area contributed by atoms with Crippen LogP contribution in [0.15, 0.2) is 48.7 Å². The average molecular weight is 219 g/mol. The van der Waals surface area contributed by atoms with Crippen LogP contribution < -0.4 is 0 Å². The molecule has 0 radical (unpaired) electrons. The van der Waals surface area contributed by atoms with Gasteiger partial charge in [0.2, 0.25) is 0 Å². The van der Waals surface area contributed by atoms with Crippen molar-refractivity contribution in [3.05, 3.63) is 54.4 Å². The van der Waals surface area contributed by atoms with E-state index in [1.54, 1.807) is 12.1 Å². The van der Waals surface area contributed by atoms with Crippen molar-refractivity contribution in [1.29, 1.82) is 0 Å². The molecule has 0 aliphatic heterocycles. The molecule has 0 fully saturated rings. The van der Waals surface area contributed by atoms with E-state index in [0.717, 1.165) is 0 Å². The molecule has 0 spiro atoms. The van der Waals surface area contributed by atoms with Crippen LogP contribution >= 0.6 is 0 Å². The second kappa shape index (κ2) is 3.89. The Balaban J connectivity index is 2.47. The second-order valence-corrected chi connectivity index (χ2v) is 3.54. The standard InChI is InChI=1S/C12H10FNO2/c13-12(10-6-2-4-8-14-10)7-3-1-5-9(12)11(15)16/h1-9H,(H,15,16). The van der Waals surface area contributed by atoms with Gasteiger partial charge >= 0.3 is 5.97 Å². The van der Waals surface area contributed by atoms with Crippen LogP contribution in [0.2, 0.25) is 0 Å². The van der Waals surface area contributed by atoms with Gasteiger partial charge in [0.05, 0.1) is 5.69 Å². The van der Waals surface area contributed by atoms with E-state index < -0.39 is 17.6 Å². The van der Waals surface area contributed by atoms with Crippen LogP contribution in [0.4, 0.5) is 4.39 Å². The predicted octanol–water partition coefficient (Wildman–Crippen LogP) is 2.07. The number of carbonyl (C=O) groups is 1. The first-order valence-corrected chi connectivity index (χ1v) is 4.84. The summed E-state index contributed by atoms with van der Waals surface area (Å²) in [6.07, 6.45) is 7.03. The van der Waals surface area contributed by atoms with Crippen LogP contribution in [-0.4, -0.2) is 16.1 Å². The van der Waals surface area contributed by atoms with E-state index >= 15 is 0 Å². The Morgan fingerprint density at radius 2 is 2.25 bits per heavy atom. The molecule has 0 aromatic carbocycles. The first kappa shape index (κ1) is 10.5. The average Bonchev–Trinajstić information content (AvgIpc) is 2.30. The fraction of sp³-hybridized carbons (Fsp3) is 0.167.